The number of hydrogen-bond donors (Lipinski definition) is 1. The highest BCUT2D eigenvalue weighted by atomic mass is 35.5. The Balaban J connectivity index is 1.63. The summed E-state index contributed by atoms with van der Waals surface area (Å²) in [6, 6.07) is 16.1. The van der Waals surface area contributed by atoms with Gasteiger partial charge in [0, 0.05) is 28.8 Å². The fraction of sp³-hybridized carbons (Fsp3) is 0.250. The minimum atomic E-state index is -0.687. The highest BCUT2D eigenvalue weighted by Gasteiger charge is 2.41. The number of nitro benzene ring substituents is 1. The largest absolute Gasteiger partial charge is 0.489 e. The van der Waals surface area contributed by atoms with E-state index in [2.05, 4.69) is 6.07 Å². The van der Waals surface area contributed by atoms with Gasteiger partial charge >= 0.3 is 0 Å². The summed E-state index contributed by atoms with van der Waals surface area (Å²) >= 11 is 12.2. The SMILES string of the molecule is Cc1cc(C)c(C2C(C#N)=C(N)N(c3ccc(Cl)c([N+](=O)[O-])c3)C3=C2C(=O)CCC3)cc1COc1ccc(Cl)cc1C. The van der Waals surface area contributed by atoms with Gasteiger partial charge in [-0.25, -0.2) is 0 Å². The van der Waals surface area contributed by atoms with Crippen molar-refractivity contribution < 1.29 is 14.5 Å². The summed E-state index contributed by atoms with van der Waals surface area (Å²) in [6.07, 6.45) is 1.45. The molecule has 0 spiro atoms. The van der Waals surface area contributed by atoms with Gasteiger partial charge in [-0.3, -0.25) is 19.8 Å². The number of hydrogen-bond acceptors (Lipinski definition) is 7. The quantitative estimate of drug-likeness (QED) is 0.226. The van der Waals surface area contributed by atoms with Crippen molar-refractivity contribution in [3.8, 4) is 11.8 Å². The second-order valence-electron chi connectivity index (χ2n) is 10.5. The minimum Gasteiger partial charge on any atom is -0.489 e. The van der Waals surface area contributed by atoms with E-state index in [4.69, 9.17) is 33.7 Å². The lowest BCUT2D eigenvalue weighted by Gasteiger charge is -2.40. The number of benzene rings is 3. The molecule has 3 aromatic rings. The van der Waals surface area contributed by atoms with Crippen LogP contribution in [0.1, 0.15) is 53.0 Å². The number of nitrogens with zero attached hydrogens (tertiary/aromatic N) is 3. The fourth-order valence-electron chi connectivity index (χ4n) is 5.79. The normalized spacial score (nSPS) is 16.8. The second kappa shape index (κ2) is 11.5. The number of aryl methyl sites for hydroxylation is 3. The predicted octanol–water partition coefficient (Wildman–Crippen LogP) is 7.71. The van der Waals surface area contributed by atoms with E-state index in [0.29, 0.717) is 47.0 Å². The molecule has 1 aliphatic heterocycles. The molecule has 8 nitrogen and oxygen atoms in total. The van der Waals surface area contributed by atoms with Crippen LogP contribution in [0.3, 0.4) is 0 Å². The van der Waals surface area contributed by atoms with E-state index in [1.165, 1.54) is 12.1 Å². The summed E-state index contributed by atoms with van der Waals surface area (Å²) in [5.41, 5.74) is 12.6. The smallest absolute Gasteiger partial charge is 0.289 e. The zero-order chi connectivity index (χ0) is 30.3. The molecular weight excluding hydrogens is 575 g/mol. The molecule has 10 heteroatoms. The predicted molar refractivity (Wildman–Crippen MR) is 162 cm³/mol. The molecule has 1 atom stereocenters. The van der Waals surface area contributed by atoms with Crippen molar-refractivity contribution in [1.29, 1.82) is 5.26 Å². The third kappa shape index (κ3) is 5.22. The van der Waals surface area contributed by atoms with Crippen molar-refractivity contribution in [3.05, 3.63) is 119 Å². The van der Waals surface area contributed by atoms with Crippen molar-refractivity contribution in [2.24, 2.45) is 5.73 Å². The zero-order valence-electron chi connectivity index (χ0n) is 23.3. The number of ketones is 1. The van der Waals surface area contributed by atoms with Gasteiger partial charge in [0.05, 0.1) is 28.2 Å². The molecule has 42 heavy (non-hydrogen) atoms. The second-order valence-corrected chi connectivity index (χ2v) is 11.4. The molecule has 0 fully saturated rings. The van der Waals surface area contributed by atoms with Crippen LogP contribution >= 0.6 is 23.2 Å². The molecule has 0 saturated heterocycles. The maximum Gasteiger partial charge on any atom is 0.289 e. The number of anilines is 1. The first kappa shape index (κ1) is 29.2. The van der Waals surface area contributed by atoms with Crippen LogP contribution in [-0.2, 0) is 11.4 Å². The molecule has 2 aliphatic rings. The first-order valence-corrected chi connectivity index (χ1v) is 14.2. The number of carbonyl (C=O) groups excluding carboxylic acids is 1. The molecule has 0 aromatic heterocycles. The Morgan fingerprint density at radius 3 is 2.52 bits per heavy atom. The van der Waals surface area contributed by atoms with Gasteiger partial charge < -0.3 is 10.5 Å². The number of nitriles is 1. The summed E-state index contributed by atoms with van der Waals surface area (Å²) < 4.78 is 6.14. The lowest BCUT2D eigenvalue weighted by atomic mass is 9.74. The fourth-order valence-corrected chi connectivity index (χ4v) is 6.20. The number of Topliss-reactive ketones (excluding diaryl/α,β-unsaturated/α-hetero) is 1. The van der Waals surface area contributed by atoms with Crippen molar-refractivity contribution in [1.82, 2.24) is 0 Å². The average Bonchev–Trinajstić information content (AvgIpc) is 2.93. The highest BCUT2D eigenvalue weighted by Crippen LogP contribution is 2.48. The number of ether oxygens (including phenoxy) is 1. The highest BCUT2D eigenvalue weighted by molar-refractivity contribution is 6.32. The Labute approximate surface area is 253 Å². The molecule has 2 N–H and O–H groups in total. The van der Waals surface area contributed by atoms with Gasteiger partial charge in [-0.2, -0.15) is 5.26 Å². The molecule has 1 heterocycles. The summed E-state index contributed by atoms with van der Waals surface area (Å²) in [5.74, 6) is 0.0696. The Morgan fingerprint density at radius 1 is 1.07 bits per heavy atom. The Bertz CT molecular complexity index is 1760. The molecule has 5 rings (SSSR count). The lowest BCUT2D eigenvalue weighted by Crippen LogP contribution is -2.39. The van der Waals surface area contributed by atoms with Crippen LogP contribution in [0.25, 0.3) is 0 Å². The van der Waals surface area contributed by atoms with E-state index in [-0.39, 0.29) is 34.5 Å². The molecule has 0 saturated carbocycles. The summed E-state index contributed by atoms with van der Waals surface area (Å²) in [5, 5.41) is 22.7. The number of carbonyl (C=O) groups is 1. The topological polar surface area (TPSA) is 122 Å². The average molecular weight is 604 g/mol. The Hall–Kier alpha value is -4.32. The van der Waals surface area contributed by atoms with Crippen LogP contribution in [0, 0.1) is 42.2 Å². The van der Waals surface area contributed by atoms with Crippen LogP contribution in [-0.4, -0.2) is 10.7 Å². The van der Waals surface area contributed by atoms with Crippen LogP contribution in [0.5, 0.6) is 5.75 Å². The summed E-state index contributed by atoms with van der Waals surface area (Å²) in [6.45, 7) is 6.14. The van der Waals surface area contributed by atoms with Gasteiger partial charge in [-0.05, 0) is 91.8 Å². The number of nitrogens with two attached hydrogens (primary N) is 1. The number of allylic oxidation sites excluding steroid dienone is 3. The lowest BCUT2D eigenvalue weighted by molar-refractivity contribution is -0.384. The van der Waals surface area contributed by atoms with Crippen molar-refractivity contribution in [3.63, 3.8) is 0 Å². The maximum absolute atomic E-state index is 13.6. The third-order valence-electron chi connectivity index (χ3n) is 7.85. The van der Waals surface area contributed by atoms with Gasteiger partial charge in [0.15, 0.2) is 5.78 Å². The molecule has 1 unspecified atom stereocenters. The monoisotopic (exact) mass is 602 g/mol. The first-order valence-electron chi connectivity index (χ1n) is 13.4. The van der Waals surface area contributed by atoms with E-state index in [0.717, 1.165) is 27.8 Å². The van der Waals surface area contributed by atoms with E-state index in [1.807, 2.05) is 45.0 Å². The summed E-state index contributed by atoms with van der Waals surface area (Å²) in [7, 11) is 0. The summed E-state index contributed by atoms with van der Waals surface area (Å²) in [4.78, 5) is 26.3. The van der Waals surface area contributed by atoms with Crippen LogP contribution in [0.15, 0.2) is 71.2 Å². The maximum atomic E-state index is 13.6. The standard InChI is InChI=1S/C32H28Cl2N4O4/c1-17-11-18(2)23(13-20(17)16-42-29-10-7-21(33)12-19(29)3)30-24(15-35)32(36)37(26-5-4-6-28(39)31(26)30)22-8-9-25(34)27(14-22)38(40)41/h7-14,30H,4-6,16,36H2,1-3H3. The van der Waals surface area contributed by atoms with Crippen LogP contribution in [0.4, 0.5) is 11.4 Å². The molecule has 3 aromatic carbocycles. The van der Waals surface area contributed by atoms with E-state index < -0.39 is 10.8 Å². The van der Waals surface area contributed by atoms with E-state index in [1.54, 1.807) is 17.0 Å². The van der Waals surface area contributed by atoms with Crippen molar-refractivity contribution >= 4 is 40.4 Å². The third-order valence-corrected chi connectivity index (χ3v) is 8.41. The van der Waals surface area contributed by atoms with Gasteiger partial charge in [0.25, 0.3) is 5.69 Å². The van der Waals surface area contributed by atoms with Crippen LogP contribution < -0.4 is 15.4 Å². The number of rotatable bonds is 6. The number of halogens is 2. The van der Waals surface area contributed by atoms with Gasteiger partial charge in [0.2, 0.25) is 0 Å². The Kier molecular flexibility index (Phi) is 8.00. The van der Waals surface area contributed by atoms with Crippen molar-refractivity contribution in [2.45, 2.75) is 52.6 Å². The molecule has 0 bridgehead atoms. The minimum absolute atomic E-state index is 0.0190. The van der Waals surface area contributed by atoms with Gasteiger partial charge in [-0.1, -0.05) is 35.3 Å². The van der Waals surface area contributed by atoms with Gasteiger partial charge in [-0.15, -0.1) is 0 Å². The molecule has 0 radical (unpaired) electrons. The van der Waals surface area contributed by atoms with Crippen molar-refractivity contribution in [2.75, 3.05) is 4.90 Å². The molecular formula is C32H28Cl2N4O4. The van der Waals surface area contributed by atoms with Crippen LogP contribution in [0.2, 0.25) is 10.0 Å². The number of nitro groups is 1. The zero-order valence-corrected chi connectivity index (χ0v) is 24.8. The molecule has 214 valence electrons. The van der Waals surface area contributed by atoms with E-state index >= 15 is 0 Å². The van der Waals surface area contributed by atoms with E-state index in [9.17, 15) is 20.2 Å². The first-order chi connectivity index (χ1) is 20.0. The molecule has 1 aliphatic carbocycles. The van der Waals surface area contributed by atoms with Gasteiger partial charge in [0.1, 0.15) is 23.2 Å². The Morgan fingerprint density at radius 2 is 1.83 bits per heavy atom. The molecule has 0 amide bonds.